The molecule has 0 fully saturated rings. The average Bonchev–Trinajstić information content (AvgIpc) is 3.26. The molecule has 25 heavy (non-hydrogen) atoms. The minimum absolute atomic E-state index is 0.551. The fourth-order valence-electron chi connectivity index (χ4n) is 2.73. The van der Waals surface area contributed by atoms with Gasteiger partial charge in [0.2, 0.25) is 0 Å². The zero-order valence-corrected chi connectivity index (χ0v) is 16.6. The van der Waals surface area contributed by atoms with Gasteiger partial charge < -0.3 is 15.2 Å². The van der Waals surface area contributed by atoms with E-state index in [9.17, 15) is 0 Å². The lowest BCUT2D eigenvalue weighted by Gasteiger charge is -2.15. The summed E-state index contributed by atoms with van der Waals surface area (Å²) in [5.74, 6) is 2.35. The SMILES string of the molecule is CCNC(=NCc1c(CC)noc1CC)NCC(C)Cc1cccs1. The molecule has 2 aromatic rings. The first-order valence-corrected chi connectivity index (χ1v) is 10.1. The van der Waals surface area contributed by atoms with Gasteiger partial charge in [0.1, 0.15) is 5.76 Å². The minimum Gasteiger partial charge on any atom is -0.361 e. The quantitative estimate of drug-likeness (QED) is 0.526. The third kappa shape index (κ3) is 5.88. The largest absolute Gasteiger partial charge is 0.361 e. The van der Waals surface area contributed by atoms with Crippen molar-refractivity contribution in [1.29, 1.82) is 0 Å². The second kappa shape index (κ2) is 10.2. The fourth-order valence-corrected chi connectivity index (χ4v) is 3.60. The summed E-state index contributed by atoms with van der Waals surface area (Å²) in [7, 11) is 0. The predicted octanol–water partition coefficient (Wildman–Crippen LogP) is 3.79. The lowest BCUT2D eigenvalue weighted by atomic mass is 10.1. The molecule has 5 nitrogen and oxygen atoms in total. The molecule has 0 spiro atoms. The second-order valence-electron chi connectivity index (χ2n) is 6.20. The lowest BCUT2D eigenvalue weighted by molar-refractivity contribution is 0.380. The van der Waals surface area contributed by atoms with E-state index in [1.54, 1.807) is 0 Å². The smallest absolute Gasteiger partial charge is 0.191 e. The highest BCUT2D eigenvalue weighted by atomic mass is 32.1. The molecule has 1 atom stereocenters. The minimum atomic E-state index is 0.551. The Morgan fingerprint density at radius 3 is 2.76 bits per heavy atom. The molecule has 0 amide bonds. The Morgan fingerprint density at radius 2 is 2.12 bits per heavy atom. The summed E-state index contributed by atoms with van der Waals surface area (Å²) in [6.07, 6.45) is 2.81. The molecule has 2 rings (SSSR count). The normalized spacial score (nSPS) is 13.0. The lowest BCUT2D eigenvalue weighted by Crippen LogP contribution is -2.39. The summed E-state index contributed by atoms with van der Waals surface area (Å²) in [6, 6.07) is 4.31. The first kappa shape index (κ1) is 19.5. The molecule has 6 heteroatoms. The number of aliphatic imine (C=N–C) groups is 1. The molecule has 1 unspecified atom stereocenters. The number of nitrogens with one attached hydrogen (secondary N) is 2. The predicted molar refractivity (Wildman–Crippen MR) is 105 cm³/mol. The van der Waals surface area contributed by atoms with E-state index in [4.69, 9.17) is 9.52 Å². The Morgan fingerprint density at radius 1 is 1.28 bits per heavy atom. The summed E-state index contributed by atoms with van der Waals surface area (Å²) in [5.41, 5.74) is 2.15. The Hall–Kier alpha value is -1.82. The zero-order chi connectivity index (χ0) is 18.1. The molecule has 0 radical (unpaired) electrons. The number of aryl methyl sites for hydroxylation is 2. The van der Waals surface area contributed by atoms with Gasteiger partial charge >= 0.3 is 0 Å². The van der Waals surface area contributed by atoms with Gasteiger partial charge in [0.25, 0.3) is 0 Å². The van der Waals surface area contributed by atoms with Gasteiger partial charge in [0.15, 0.2) is 5.96 Å². The summed E-state index contributed by atoms with van der Waals surface area (Å²) in [5, 5.41) is 13.1. The van der Waals surface area contributed by atoms with Crippen molar-refractivity contribution in [3.63, 3.8) is 0 Å². The van der Waals surface area contributed by atoms with Crippen LogP contribution in [0.3, 0.4) is 0 Å². The standard InChI is InChI=1S/C19H30N4OS/c1-5-17-16(18(6-2)24-23-17)13-22-19(20-7-3)21-12-14(4)11-15-9-8-10-25-15/h8-10,14H,5-7,11-13H2,1-4H3,(H2,20,21,22). The molecule has 2 N–H and O–H groups in total. The van der Waals surface area contributed by atoms with E-state index in [0.717, 1.165) is 55.3 Å². The van der Waals surface area contributed by atoms with E-state index in [-0.39, 0.29) is 0 Å². The van der Waals surface area contributed by atoms with E-state index in [1.165, 1.54) is 4.88 Å². The van der Waals surface area contributed by atoms with Gasteiger partial charge in [-0.3, -0.25) is 0 Å². The molecule has 0 aliphatic heterocycles. The van der Waals surface area contributed by atoms with Gasteiger partial charge in [-0.1, -0.05) is 32.0 Å². The molecule has 0 saturated carbocycles. The number of rotatable bonds is 9. The van der Waals surface area contributed by atoms with Crippen molar-refractivity contribution >= 4 is 17.3 Å². The molecule has 0 aromatic carbocycles. The van der Waals surface area contributed by atoms with Crippen LogP contribution in [0.4, 0.5) is 0 Å². The molecule has 2 heterocycles. The van der Waals surface area contributed by atoms with Gasteiger partial charge in [0.05, 0.1) is 12.2 Å². The van der Waals surface area contributed by atoms with Crippen LogP contribution in [0.25, 0.3) is 0 Å². The van der Waals surface area contributed by atoms with Crippen molar-refractivity contribution in [2.75, 3.05) is 13.1 Å². The first-order valence-electron chi connectivity index (χ1n) is 9.18. The van der Waals surface area contributed by atoms with Crippen molar-refractivity contribution in [3.05, 3.63) is 39.4 Å². The van der Waals surface area contributed by atoms with Crippen molar-refractivity contribution in [2.24, 2.45) is 10.9 Å². The highest BCUT2D eigenvalue weighted by molar-refractivity contribution is 7.09. The van der Waals surface area contributed by atoms with Crippen LogP contribution in [0.2, 0.25) is 0 Å². The first-order chi connectivity index (χ1) is 12.2. The maximum atomic E-state index is 5.43. The molecule has 0 bridgehead atoms. The van der Waals surface area contributed by atoms with E-state index in [0.29, 0.717) is 12.5 Å². The zero-order valence-electron chi connectivity index (χ0n) is 15.8. The number of hydrogen-bond acceptors (Lipinski definition) is 4. The summed E-state index contributed by atoms with van der Waals surface area (Å²) >= 11 is 1.82. The second-order valence-corrected chi connectivity index (χ2v) is 7.24. The third-order valence-corrected chi connectivity index (χ3v) is 4.99. The van der Waals surface area contributed by atoms with Crippen LogP contribution in [0.5, 0.6) is 0 Å². The fraction of sp³-hybridized carbons (Fsp3) is 0.579. The Labute approximate surface area is 154 Å². The van der Waals surface area contributed by atoms with Crippen molar-refractivity contribution in [2.45, 2.75) is 53.5 Å². The number of nitrogens with zero attached hydrogens (tertiary/aromatic N) is 2. The molecule has 0 aliphatic carbocycles. The molecular formula is C19H30N4OS. The molecule has 0 aliphatic rings. The summed E-state index contributed by atoms with van der Waals surface area (Å²) in [4.78, 5) is 6.17. The highest BCUT2D eigenvalue weighted by Gasteiger charge is 2.13. The highest BCUT2D eigenvalue weighted by Crippen LogP contribution is 2.17. The van der Waals surface area contributed by atoms with E-state index < -0.39 is 0 Å². The van der Waals surface area contributed by atoms with E-state index in [2.05, 4.69) is 61.0 Å². The topological polar surface area (TPSA) is 62.5 Å². The molecule has 0 saturated heterocycles. The van der Waals surface area contributed by atoms with Crippen molar-refractivity contribution in [1.82, 2.24) is 15.8 Å². The van der Waals surface area contributed by atoms with E-state index >= 15 is 0 Å². The molecular weight excluding hydrogens is 332 g/mol. The van der Waals surface area contributed by atoms with Crippen LogP contribution < -0.4 is 10.6 Å². The van der Waals surface area contributed by atoms with Crippen LogP contribution in [-0.2, 0) is 25.8 Å². The van der Waals surface area contributed by atoms with Gasteiger partial charge in [-0.25, -0.2) is 4.99 Å². The molecule has 138 valence electrons. The van der Waals surface area contributed by atoms with Gasteiger partial charge in [-0.15, -0.1) is 11.3 Å². The van der Waals surface area contributed by atoms with Crippen LogP contribution in [0.1, 0.15) is 49.6 Å². The molecule has 2 aromatic heterocycles. The summed E-state index contributed by atoms with van der Waals surface area (Å²) in [6.45, 7) is 10.9. The number of thiophene rings is 1. The van der Waals surface area contributed by atoms with Crippen LogP contribution in [0, 0.1) is 5.92 Å². The Kier molecular flexibility index (Phi) is 7.98. The summed E-state index contributed by atoms with van der Waals surface area (Å²) < 4.78 is 5.43. The van der Waals surface area contributed by atoms with Crippen LogP contribution >= 0.6 is 11.3 Å². The number of aromatic nitrogens is 1. The van der Waals surface area contributed by atoms with Crippen LogP contribution in [-0.4, -0.2) is 24.2 Å². The number of hydrogen-bond donors (Lipinski definition) is 2. The van der Waals surface area contributed by atoms with E-state index in [1.807, 2.05) is 11.3 Å². The number of guanidine groups is 1. The monoisotopic (exact) mass is 362 g/mol. The third-order valence-electron chi connectivity index (χ3n) is 4.09. The Bertz CT molecular complexity index is 627. The Balaban J connectivity index is 1.95. The maximum Gasteiger partial charge on any atom is 0.191 e. The van der Waals surface area contributed by atoms with Gasteiger partial charge in [-0.05, 0) is 37.1 Å². The van der Waals surface area contributed by atoms with Crippen LogP contribution in [0.15, 0.2) is 27.0 Å². The average molecular weight is 363 g/mol. The van der Waals surface area contributed by atoms with Gasteiger partial charge in [-0.2, -0.15) is 0 Å². The maximum absolute atomic E-state index is 5.43. The van der Waals surface area contributed by atoms with Crippen molar-refractivity contribution in [3.8, 4) is 0 Å². The van der Waals surface area contributed by atoms with Gasteiger partial charge in [0, 0.05) is 30.0 Å². The van der Waals surface area contributed by atoms with Crippen molar-refractivity contribution < 1.29 is 4.52 Å².